The second kappa shape index (κ2) is 5.67. The van der Waals surface area contributed by atoms with Crippen LogP contribution in [-0.4, -0.2) is 24.8 Å². The molecular weight excluding hydrogens is 247 g/mol. The van der Waals surface area contributed by atoms with Crippen LogP contribution in [0.1, 0.15) is 27.7 Å². The number of carbonyl (C=O) groups is 1. The monoisotopic (exact) mass is 264 g/mol. The fraction of sp³-hybridized carbons (Fsp3) is 0.700. The lowest BCUT2D eigenvalue weighted by Crippen LogP contribution is -2.13. The minimum Gasteiger partial charge on any atom is -0.463 e. The average Bonchev–Trinajstić information content (AvgIpc) is 2.39. The van der Waals surface area contributed by atoms with Crippen molar-refractivity contribution in [2.75, 3.05) is 6.61 Å². The maximum absolute atomic E-state index is 11.9. The van der Waals surface area contributed by atoms with Crippen LogP contribution < -0.4 is 0 Å². The number of esters is 1. The minimum atomic E-state index is -3.59. The van der Waals surface area contributed by atoms with Gasteiger partial charge in [-0.2, -0.15) is 0 Å². The van der Waals surface area contributed by atoms with Gasteiger partial charge in [0.1, 0.15) is 5.76 Å². The fourth-order valence-electron chi connectivity index (χ4n) is 1.20. The lowest BCUT2D eigenvalue weighted by atomic mass is 10.3. The summed E-state index contributed by atoms with van der Waals surface area (Å²) < 4.78 is 31.8. The van der Waals surface area contributed by atoms with E-state index < -0.39 is 13.8 Å². The van der Waals surface area contributed by atoms with Gasteiger partial charge in [0.2, 0.25) is 0 Å². The summed E-state index contributed by atoms with van der Waals surface area (Å²) in [4.78, 5) is 11.1. The molecule has 0 aromatic rings. The third-order valence-corrected chi connectivity index (χ3v) is 3.81. The normalized spacial score (nSPS) is 33.5. The van der Waals surface area contributed by atoms with Crippen LogP contribution in [0, 0.1) is 0 Å². The maximum Gasteiger partial charge on any atom is 0.530 e. The summed E-state index contributed by atoms with van der Waals surface area (Å²) in [6.07, 6.45) is 0.483. The van der Waals surface area contributed by atoms with Gasteiger partial charge in [0.05, 0.1) is 24.9 Å². The van der Waals surface area contributed by atoms with Crippen LogP contribution in [0.4, 0.5) is 0 Å². The minimum absolute atomic E-state index is 0.132. The van der Waals surface area contributed by atoms with Crippen molar-refractivity contribution < 1.29 is 27.7 Å². The predicted molar refractivity (Wildman–Crippen MR) is 60.2 cm³/mol. The zero-order chi connectivity index (χ0) is 13.1. The molecule has 1 saturated heterocycles. The molecule has 0 radical (unpaired) electrons. The molecule has 17 heavy (non-hydrogen) atoms. The summed E-state index contributed by atoms with van der Waals surface area (Å²) in [5.41, 5.74) is 0. The van der Waals surface area contributed by atoms with Gasteiger partial charge in [-0.3, -0.25) is 9.05 Å². The molecule has 1 fully saturated rings. The molecule has 1 rings (SSSR count). The van der Waals surface area contributed by atoms with Gasteiger partial charge in [0.15, 0.2) is 0 Å². The largest absolute Gasteiger partial charge is 0.530 e. The van der Waals surface area contributed by atoms with Crippen molar-refractivity contribution in [3.63, 3.8) is 0 Å². The number of ether oxygens (including phenoxy) is 1. The molecule has 0 amide bonds. The van der Waals surface area contributed by atoms with E-state index in [1.165, 1.54) is 6.92 Å². The Labute approximate surface area is 100 Å². The third-order valence-electron chi connectivity index (χ3n) is 2.12. The zero-order valence-corrected chi connectivity index (χ0v) is 11.2. The molecule has 0 spiro atoms. The Balaban J connectivity index is 2.60. The van der Waals surface area contributed by atoms with Crippen molar-refractivity contribution in [2.45, 2.75) is 39.9 Å². The van der Waals surface area contributed by atoms with Gasteiger partial charge in [0, 0.05) is 0 Å². The summed E-state index contributed by atoms with van der Waals surface area (Å²) in [5.74, 6) is -0.426. The number of rotatable bonds is 4. The molecule has 2 unspecified atom stereocenters. The highest BCUT2D eigenvalue weighted by Gasteiger charge is 2.43. The first-order chi connectivity index (χ1) is 7.86. The summed E-state index contributed by atoms with van der Waals surface area (Å²) in [5, 5.41) is 0. The van der Waals surface area contributed by atoms with Crippen LogP contribution >= 0.6 is 7.82 Å². The average molecular weight is 264 g/mol. The Bertz CT molecular complexity index is 350. The number of allylic oxidation sites excluding steroid dienone is 1. The topological polar surface area (TPSA) is 71.1 Å². The van der Waals surface area contributed by atoms with E-state index in [0.717, 1.165) is 6.08 Å². The van der Waals surface area contributed by atoms with E-state index in [0.29, 0.717) is 0 Å². The van der Waals surface area contributed by atoms with Crippen molar-refractivity contribution in [1.82, 2.24) is 0 Å². The van der Waals surface area contributed by atoms with E-state index in [-0.39, 0.29) is 24.6 Å². The van der Waals surface area contributed by atoms with E-state index in [9.17, 15) is 9.36 Å². The maximum atomic E-state index is 11.9. The highest BCUT2D eigenvalue weighted by molar-refractivity contribution is 7.48. The fourth-order valence-corrected chi connectivity index (χ4v) is 2.90. The zero-order valence-electron chi connectivity index (χ0n) is 10.3. The first-order valence-electron chi connectivity index (χ1n) is 5.38. The molecule has 7 heteroatoms. The van der Waals surface area contributed by atoms with Gasteiger partial charge in [-0.1, -0.05) is 0 Å². The Kier molecular flexibility index (Phi) is 4.74. The smallest absolute Gasteiger partial charge is 0.463 e. The molecule has 1 aliphatic heterocycles. The second-order valence-electron chi connectivity index (χ2n) is 3.67. The Morgan fingerprint density at radius 2 is 1.88 bits per heavy atom. The second-order valence-corrected chi connectivity index (χ2v) is 5.17. The lowest BCUT2D eigenvalue weighted by Gasteiger charge is -2.11. The number of phosphoric acid groups is 1. The summed E-state index contributed by atoms with van der Waals surface area (Å²) in [6, 6.07) is 0. The van der Waals surface area contributed by atoms with Gasteiger partial charge < -0.3 is 9.26 Å². The van der Waals surface area contributed by atoms with E-state index in [1.54, 1.807) is 20.8 Å². The standard InChI is InChI=1S/C10H17O6P/c1-5-13-10(11)6-7(2)14-17(12)15-8(3)9(4)16-17/h6,8-9H,5H2,1-4H3/b7-6+. The molecule has 1 heterocycles. The van der Waals surface area contributed by atoms with Gasteiger partial charge in [0.25, 0.3) is 0 Å². The Morgan fingerprint density at radius 1 is 1.35 bits per heavy atom. The van der Waals surface area contributed by atoms with Crippen LogP contribution in [0.25, 0.3) is 0 Å². The first kappa shape index (κ1) is 14.2. The van der Waals surface area contributed by atoms with E-state index in [4.69, 9.17) is 13.6 Å². The summed E-state index contributed by atoms with van der Waals surface area (Å²) >= 11 is 0. The molecule has 0 N–H and O–H groups in total. The first-order valence-corrected chi connectivity index (χ1v) is 6.84. The number of carbonyl (C=O) groups excluding carboxylic acids is 1. The van der Waals surface area contributed by atoms with Gasteiger partial charge in [-0.05, 0) is 27.7 Å². The van der Waals surface area contributed by atoms with Crippen LogP contribution in [0.3, 0.4) is 0 Å². The highest BCUT2D eigenvalue weighted by Crippen LogP contribution is 2.58. The Morgan fingerprint density at radius 3 is 2.35 bits per heavy atom. The van der Waals surface area contributed by atoms with Crippen LogP contribution in [0.2, 0.25) is 0 Å². The molecule has 0 saturated carbocycles. The van der Waals surface area contributed by atoms with Crippen LogP contribution in [0.5, 0.6) is 0 Å². The van der Waals surface area contributed by atoms with Gasteiger partial charge in [-0.15, -0.1) is 0 Å². The molecule has 6 nitrogen and oxygen atoms in total. The third kappa shape index (κ3) is 4.15. The van der Waals surface area contributed by atoms with E-state index in [2.05, 4.69) is 4.74 Å². The van der Waals surface area contributed by atoms with E-state index in [1.807, 2.05) is 0 Å². The summed E-state index contributed by atoms with van der Waals surface area (Å²) in [6.45, 7) is 6.91. The molecule has 1 aliphatic rings. The summed E-state index contributed by atoms with van der Waals surface area (Å²) in [7, 11) is -3.59. The number of hydrogen-bond acceptors (Lipinski definition) is 6. The molecular formula is C10H17O6P. The lowest BCUT2D eigenvalue weighted by molar-refractivity contribution is -0.137. The molecule has 98 valence electrons. The van der Waals surface area contributed by atoms with Gasteiger partial charge in [-0.25, -0.2) is 9.36 Å². The van der Waals surface area contributed by atoms with Crippen molar-refractivity contribution in [3.8, 4) is 0 Å². The van der Waals surface area contributed by atoms with Crippen molar-refractivity contribution in [1.29, 1.82) is 0 Å². The molecule has 0 aromatic carbocycles. The molecule has 0 bridgehead atoms. The predicted octanol–water partition coefficient (Wildman–Crippen LogP) is 2.40. The van der Waals surface area contributed by atoms with Crippen molar-refractivity contribution in [2.24, 2.45) is 0 Å². The Hall–Kier alpha value is -0.840. The SMILES string of the molecule is CCOC(=O)/C=C(\C)OP1(=O)OC(C)C(C)O1. The molecule has 0 aromatic heterocycles. The number of hydrogen-bond donors (Lipinski definition) is 0. The molecule has 0 aliphatic carbocycles. The van der Waals surface area contributed by atoms with Crippen LogP contribution in [0.15, 0.2) is 11.8 Å². The quantitative estimate of drug-likeness (QED) is 0.336. The van der Waals surface area contributed by atoms with Crippen molar-refractivity contribution >= 4 is 13.8 Å². The van der Waals surface area contributed by atoms with Crippen LogP contribution in [-0.2, 0) is 27.7 Å². The highest BCUT2D eigenvalue weighted by atomic mass is 31.2. The number of phosphoric ester groups is 1. The van der Waals surface area contributed by atoms with Gasteiger partial charge >= 0.3 is 13.8 Å². The van der Waals surface area contributed by atoms with E-state index >= 15 is 0 Å². The van der Waals surface area contributed by atoms with Crippen molar-refractivity contribution in [3.05, 3.63) is 11.8 Å². The molecule has 2 atom stereocenters.